The Bertz CT molecular complexity index is 693. The Morgan fingerprint density at radius 2 is 2.05 bits per heavy atom. The van der Waals surface area contributed by atoms with Crippen molar-refractivity contribution in [3.63, 3.8) is 0 Å². The van der Waals surface area contributed by atoms with Crippen molar-refractivity contribution in [2.45, 2.75) is 19.3 Å². The first-order valence-corrected chi connectivity index (χ1v) is 6.20. The Morgan fingerprint density at radius 3 is 2.81 bits per heavy atom. The summed E-state index contributed by atoms with van der Waals surface area (Å²) in [4.78, 5) is 11.3. The summed E-state index contributed by atoms with van der Waals surface area (Å²) in [6.45, 7) is 0.243. The van der Waals surface area contributed by atoms with Crippen LogP contribution in [0.3, 0.4) is 0 Å². The molecule has 0 unspecified atom stereocenters. The monoisotopic (exact) mass is 296 g/mol. The van der Waals surface area contributed by atoms with Crippen LogP contribution in [0.15, 0.2) is 30.5 Å². The lowest BCUT2D eigenvalue weighted by Gasteiger charge is -2.18. The van der Waals surface area contributed by atoms with Gasteiger partial charge in [-0.1, -0.05) is 18.2 Å². The second-order valence-corrected chi connectivity index (χ2v) is 4.64. The van der Waals surface area contributed by atoms with Crippen molar-refractivity contribution >= 4 is 11.8 Å². The Hall–Kier alpha value is -2.51. The number of amides is 2. The third-order valence-electron chi connectivity index (χ3n) is 3.23. The smallest absolute Gasteiger partial charge is 0.334 e. The van der Waals surface area contributed by atoms with Crippen molar-refractivity contribution in [2.75, 3.05) is 5.32 Å². The highest BCUT2D eigenvalue weighted by Crippen LogP contribution is 2.32. The summed E-state index contributed by atoms with van der Waals surface area (Å²) in [5, 5.41) is 9.17. The number of aromatic nitrogens is 2. The lowest BCUT2D eigenvalue weighted by Crippen LogP contribution is -2.34. The maximum Gasteiger partial charge on any atom is 0.416 e. The highest BCUT2D eigenvalue weighted by Gasteiger charge is 2.33. The number of nitrogens with zero attached hydrogens (tertiary/aromatic N) is 2. The van der Waals surface area contributed by atoms with Gasteiger partial charge in [0.15, 0.2) is 0 Å². The second-order valence-electron chi connectivity index (χ2n) is 4.64. The molecule has 2 N–H and O–H groups in total. The zero-order valence-corrected chi connectivity index (χ0v) is 10.7. The molecule has 0 radical (unpaired) electrons. The van der Waals surface area contributed by atoms with Gasteiger partial charge in [-0.05, 0) is 11.6 Å². The summed E-state index contributed by atoms with van der Waals surface area (Å²) in [6.07, 6.45) is -2.90. The molecule has 8 heteroatoms. The molecular weight excluding hydrogens is 285 g/mol. The van der Waals surface area contributed by atoms with E-state index in [-0.39, 0.29) is 12.1 Å². The van der Waals surface area contributed by atoms with E-state index in [1.165, 1.54) is 23.0 Å². The van der Waals surface area contributed by atoms with Crippen LogP contribution in [0.2, 0.25) is 0 Å². The van der Waals surface area contributed by atoms with Gasteiger partial charge in [-0.3, -0.25) is 5.32 Å². The van der Waals surface area contributed by atoms with Crippen LogP contribution in [0, 0.1) is 0 Å². The molecule has 21 heavy (non-hydrogen) atoms. The Morgan fingerprint density at radius 1 is 1.29 bits per heavy atom. The molecule has 1 aromatic carbocycles. The number of fused-ring (bicyclic) bond motifs is 1. The summed E-state index contributed by atoms with van der Waals surface area (Å²) >= 11 is 0. The molecule has 0 saturated carbocycles. The van der Waals surface area contributed by atoms with Gasteiger partial charge >= 0.3 is 12.2 Å². The Labute approximate surface area is 117 Å². The molecule has 2 amide bonds. The first-order valence-electron chi connectivity index (χ1n) is 6.20. The third-order valence-corrected chi connectivity index (χ3v) is 3.23. The van der Waals surface area contributed by atoms with Crippen molar-refractivity contribution in [1.29, 1.82) is 0 Å². The minimum atomic E-state index is -4.42. The van der Waals surface area contributed by atoms with E-state index >= 15 is 0 Å². The second kappa shape index (κ2) is 4.80. The van der Waals surface area contributed by atoms with Crippen LogP contribution in [0.1, 0.15) is 16.7 Å². The summed E-state index contributed by atoms with van der Waals surface area (Å²) in [7, 11) is 0. The van der Waals surface area contributed by atoms with Crippen molar-refractivity contribution in [1.82, 2.24) is 15.1 Å². The van der Waals surface area contributed by atoms with E-state index in [9.17, 15) is 18.0 Å². The number of carbonyl (C=O) groups is 1. The molecule has 0 aliphatic carbocycles. The van der Waals surface area contributed by atoms with Crippen molar-refractivity contribution < 1.29 is 18.0 Å². The van der Waals surface area contributed by atoms with E-state index < -0.39 is 17.8 Å². The van der Waals surface area contributed by atoms with Crippen LogP contribution in [-0.2, 0) is 19.3 Å². The lowest BCUT2D eigenvalue weighted by molar-refractivity contribution is -0.138. The van der Waals surface area contributed by atoms with Gasteiger partial charge in [-0.15, -0.1) is 0 Å². The zero-order chi connectivity index (χ0) is 15.0. The van der Waals surface area contributed by atoms with Crippen LogP contribution in [0.5, 0.6) is 0 Å². The molecule has 0 spiro atoms. The maximum absolute atomic E-state index is 13.0. The molecule has 3 rings (SSSR count). The fourth-order valence-corrected chi connectivity index (χ4v) is 2.24. The molecule has 0 fully saturated rings. The van der Waals surface area contributed by atoms with E-state index in [2.05, 4.69) is 15.7 Å². The molecule has 2 aromatic rings. The van der Waals surface area contributed by atoms with Gasteiger partial charge in [-0.25, -0.2) is 9.48 Å². The highest BCUT2D eigenvalue weighted by molar-refractivity contribution is 5.91. The first-order chi connectivity index (χ1) is 9.95. The largest absolute Gasteiger partial charge is 0.416 e. The van der Waals surface area contributed by atoms with Crippen LogP contribution in [0.4, 0.5) is 23.8 Å². The number of hydrogen-bond acceptors (Lipinski definition) is 2. The molecule has 1 aliphatic heterocycles. The van der Waals surface area contributed by atoms with Crippen molar-refractivity contribution in [3.8, 4) is 0 Å². The van der Waals surface area contributed by atoms with Crippen LogP contribution >= 0.6 is 0 Å². The number of hydrogen-bond donors (Lipinski definition) is 2. The molecule has 0 atom stereocenters. The number of nitrogens with one attached hydrogen (secondary N) is 2. The zero-order valence-electron chi connectivity index (χ0n) is 10.7. The average molecular weight is 296 g/mol. The van der Waals surface area contributed by atoms with Gasteiger partial charge in [0.1, 0.15) is 5.82 Å². The number of benzene rings is 1. The van der Waals surface area contributed by atoms with Gasteiger partial charge in [0.2, 0.25) is 0 Å². The predicted octanol–water partition coefficient (Wildman–Crippen LogP) is 2.59. The summed E-state index contributed by atoms with van der Waals surface area (Å²) < 4.78 is 40.3. The SMILES string of the molecule is O=C1NCc2cnn(Cc3ccccc3C(F)(F)F)c2N1. The summed E-state index contributed by atoms with van der Waals surface area (Å²) in [6, 6.07) is 4.93. The standard InChI is InChI=1S/C13H11F3N4O/c14-13(15,16)10-4-2-1-3-8(10)7-20-11-9(6-18-20)5-17-12(21)19-11/h1-4,6H,5,7H2,(H2,17,19,21). The number of carbonyl (C=O) groups excluding carboxylic acids is 1. The number of rotatable bonds is 2. The quantitative estimate of drug-likeness (QED) is 0.895. The summed E-state index contributed by atoms with van der Waals surface area (Å²) in [5.74, 6) is 0.427. The van der Waals surface area contributed by atoms with Crippen LogP contribution in [0.25, 0.3) is 0 Å². The molecule has 2 heterocycles. The van der Waals surface area contributed by atoms with Gasteiger partial charge in [0, 0.05) is 12.1 Å². The molecule has 0 saturated heterocycles. The minimum Gasteiger partial charge on any atom is -0.334 e. The normalized spacial score (nSPS) is 14.3. The van der Waals surface area contributed by atoms with E-state index in [4.69, 9.17) is 0 Å². The number of halogens is 3. The molecular formula is C13H11F3N4O. The average Bonchev–Trinajstić information content (AvgIpc) is 2.81. The first kappa shape index (κ1) is 13.5. The number of urea groups is 1. The molecule has 110 valence electrons. The lowest BCUT2D eigenvalue weighted by atomic mass is 10.1. The molecule has 5 nitrogen and oxygen atoms in total. The Balaban J connectivity index is 1.95. The van der Waals surface area contributed by atoms with E-state index in [1.54, 1.807) is 6.07 Å². The summed E-state index contributed by atoms with van der Waals surface area (Å²) in [5.41, 5.74) is 0.136. The van der Waals surface area contributed by atoms with Crippen LogP contribution < -0.4 is 10.6 Å². The fraction of sp³-hybridized carbons (Fsp3) is 0.231. The maximum atomic E-state index is 13.0. The van der Waals surface area contributed by atoms with Gasteiger partial charge in [0.05, 0.1) is 18.3 Å². The molecule has 1 aromatic heterocycles. The van der Waals surface area contributed by atoms with Gasteiger partial charge in [0.25, 0.3) is 0 Å². The van der Waals surface area contributed by atoms with E-state index in [0.29, 0.717) is 12.4 Å². The predicted molar refractivity (Wildman–Crippen MR) is 68.6 cm³/mol. The van der Waals surface area contributed by atoms with Crippen molar-refractivity contribution in [2.24, 2.45) is 0 Å². The van der Waals surface area contributed by atoms with E-state index in [0.717, 1.165) is 11.6 Å². The topological polar surface area (TPSA) is 59.0 Å². The van der Waals surface area contributed by atoms with Gasteiger partial charge in [-0.2, -0.15) is 18.3 Å². The highest BCUT2D eigenvalue weighted by atomic mass is 19.4. The van der Waals surface area contributed by atoms with E-state index in [1.807, 2.05) is 0 Å². The van der Waals surface area contributed by atoms with Gasteiger partial charge < -0.3 is 5.32 Å². The third kappa shape index (κ3) is 2.56. The number of anilines is 1. The van der Waals surface area contributed by atoms with Crippen LogP contribution in [-0.4, -0.2) is 15.8 Å². The fourth-order valence-electron chi connectivity index (χ4n) is 2.24. The molecule has 0 bridgehead atoms. The minimum absolute atomic E-state index is 0.0642. The molecule has 1 aliphatic rings. The number of alkyl halides is 3. The van der Waals surface area contributed by atoms with Crippen molar-refractivity contribution in [3.05, 3.63) is 47.2 Å². The Kier molecular flexibility index (Phi) is 3.08.